The van der Waals surface area contributed by atoms with E-state index in [0.29, 0.717) is 19.6 Å². The highest BCUT2D eigenvalue weighted by Gasteiger charge is 2.40. The summed E-state index contributed by atoms with van der Waals surface area (Å²) in [5.41, 5.74) is -0.576. The third kappa shape index (κ3) is 2.69. The maximum atomic E-state index is 11.1. The molecule has 1 heterocycles. The predicted octanol–water partition coefficient (Wildman–Crippen LogP) is 0.867. The summed E-state index contributed by atoms with van der Waals surface area (Å²) in [6, 6.07) is 0. The van der Waals surface area contributed by atoms with Crippen LogP contribution in [-0.4, -0.2) is 37.4 Å². The normalized spacial score (nSPS) is 26.6. The largest absolute Gasteiger partial charge is 0.481 e. The maximum Gasteiger partial charge on any atom is 0.311 e. The number of hydrogen-bond donors (Lipinski definition) is 2. The van der Waals surface area contributed by atoms with Crippen molar-refractivity contribution in [2.75, 3.05) is 26.3 Å². The number of ether oxygens (including phenoxy) is 1. The van der Waals surface area contributed by atoms with Crippen molar-refractivity contribution in [3.8, 4) is 0 Å². The summed E-state index contributed by atoms with van der Waals surface area (Å²) in [6.45, 7) is 4.72. The van der Waals surface area contributed by atoms with Gasteiger partial charge in [-0.2, -0.15) is 0 Å². The Balaban J connectivity index is 2.33. The van der Waals surface area contributed by atoms with Crippen LogP contribution in [0.25, 0.3) is 0 Å². The van der Waals surface area contributed by atoms with E-state index in [9.17, 15) is 4.79 Å². The van der Waals surface area contributed by atoms with E-state index in [1.54, 1.807) is 0 Å². The lowest BCUT2D eigenvalue weighted by molar-refractivity contribution is -0.149. The number of rotatable bonds is 6. The number of carbonyl (C=O) groups is 1. The SMILES string of the molecule is CCCOCCC1(C(=O)O)CCNC1. The molecule has 4 nitrogen and oxygen atoms in total. The fraction of sp³-hybridized carbons (Fsp3) is 0.900. The molecule has 1 rings (SSSR count). The second-order valence-electron chi connectivity index (χ2n) is 3.87. The Labute approximate surface area is 84.6 Å². The summed E-state index contributed by atoms with van der Waals surface area (Å²) in [5.74, 6) is -0.692. The topological polar surface area (TPSA) is 58.6 Å². The van der Waals surface area contributed by atoms with E-state index in [1.807, 2.05) is 6.92 Å². The van der Waals surface area contributed by atoms with Gasteiger partial charge in [0.15, 0.2) is 0 Å². The van der Waals surface area contributed by atoms with Gasteiger partial charge in [-0.25, -0.2) is 0 Å². The fourth-order valence-electron chi connectivity index (χ4n) is 1.76. The van der Waals surface area contributed by atoms with Crippen molar-refractivity contribution in [1.29, 1.82) is 0 Å². The van der Waals surface area contributed by atoms with Crippen LogP contribution in [0, 0.1) is 5.41 Å². The molecule has 0 bridgehead atoms. The van der Waals surface area contributed by atoms with Crippen molar-refractivity contribution in [1.82, 2.24) is 5.32 Å². The molecule has 1 aliphatic heterocycles. The molecular formula is C10H19NO3. The van der Waals surface area contributed by atoms with Crippen molar-refractivity contribution >= 4 is 5.97 Å². The average Bonchev–Trinajstić information content (AvgIpc) is 2.62. The number of aliphatic carboxylic acids is 1. The van der Waals surface area contributed by atoms with Gasteiger partial charge in [-0.3, -0.25) is 4.79 Å². The minimum atomic E-state index is -0.692. The standard InChI is InChI=1S/C10H19NO3/c1-2-6-14-7-4-10(9(12)13)3-5-11-8-10/h11H,2-8H2,1H3,(H,12,13). The molecule has 0 aromatic carbocycles. The van der Waals surface area contributed by atoms with Gasteiger partial charge in [-0.1, -0.05) is 6.92 Å². The summed E-state index contributed by atoms with van der Waals surface area (Å²) in [7, 11) is 0. The zero-order valence-electron chi connectivity index (χ0n) is 8.71. The molecule has 0 radical (unpaired) electrons. The molecule has 82 valence electrons. The zero-order valence-corrected chi connectivity index (χ0v) is 8.71. The lowest BCUT2D eigenvalue weighted by Gasteiger charge is -2.22. The van der Waals surface area contributed by atoms with E-state index in [0.717, 1.165) is 26.0 Å². The minimum Gasteiger partial charge on any atom is -0.481 e. The van der Waals surface area contributed by atoms with Gasteiger partial charge < -0.3 is 15.2 Å². The van der Waals surface area contributed by atoms with Crippen LogP contribution in [0.5, 0.6) is 0 Å². The third-order valence-electron chi connectivity index (χ3n) is 2.77. The van der Waals surface area contributed by atoms with Gasteiger partial charge in [0.1, 0.15) is 0 Å². The molecule has 1 fully saturated rings. The summed E-state index contributed by atoms with van der Waals surface area (Å²) in [4.78, 5) is 11.1. The van der Waals surface area contributed by atoms with Gasteiger partial charge in [-0.05, 0) is 25.8 Å². The van der Waals surface area contributed by atoms with Crippen LogP contribution < -0.4 is 5.32 Å². The Morgan fingerprint density at radius 1 is 1.57 bits per heavy atom. The van der Waals surface area contributed by atoms with E-state index in [4.69, 9.17) is 9.84 Å². The summed E-state index contributed by atoms with van der Waals surface area (Å²) in [5, 5.41) is 12.2. The van der Waals surface area contributed by atoms with Crippen molar-refractivity contribution in [3.05, 3.63) is 0 Å². The molecule has 1 atom stereocenters. The molecule has 0 spiro atoms. The summed E-state index contributed by atoms with van der Waals surface area (Å²) < 4.78 is 5.33. The van der Waals surface area contributed by atoms with Crippen molar-refractivity contribution in [3.63, 3.8) is 0 Å². The number of hydrogen-bond acceptors (Lipinski definition) is 3. The molecule has 0 saturated carbocycles. The van der Waals surface area contributed by atoms with Gasteiger partial charge in [0.2, 0.25) is 0 Å². The summed E-state index contributed by atoms with van der Waals surface area (Å²) in [6.07, 6.45) is 2.32. The van der Waals surface area contributed by atoms with Gasteiger partial charge in [0.25, 0.3) is 0 Å². The second-order valence-corrected chi connectivity index (χ2v) is 3.87. The highest BCUT2D eigenvalue weighted by molar-refractivity contribution is 5.75. The van der Waals surface area contributed by atoms with E-state index in [-0.39, 0.29) is 0 Å². The molecule has 0 aliphatic carbocycles. The first kappa shape index (κ1) is 11.5. The quantitative estimate of drug-likeness (QED) is 0.626. The van der Waals surface area contributed by atoms with Gasteiger partial charge in [0.05, 0.1) is 5.41 Å². The van der Waals surface area contributed by atoms with Gasteiger partial charge in [-0.15, -0.1) is 0 Å². The molecule has 0 aromatic heterocycles. The summed E-state index contributed by atoms with van der Waals surface area (Å²) >= 11 is 0. The van der Waals surface area contributed by atoms with Gasteiger partial charge in [0, 0.05) is 19.8 Å². The molecule has 0 amide bonds. The molecule has 1 unspecified atom stereocenters. The lowest BCUT2D eigenvalue weighted by Crippen LogP contribution is -2.34. The third-order valence-corrected chi connectivity index (χ3v) is 2.77. The molecule has 14 heavy (non-hydrogen) atoms. The van der Waals surface area contributed by atoms with Crippen LogP contribution in [-0.2, 0) is 9.53 Å². The van der Waals surface area contributed by atoms with Crippen LogP contribution in [0.1, 0.15) is 26.2 Å². The van der Waals surface area contributed by atoms with Crippen LogP contribution in [0.15, 0.2) is 0 Å². The Bertz CT molecular complexity index is 188. The number of nitrogens with one attached hydrogen (secondary N) is 1. The maximum absolute atomic E-state index is 11.1. The average molecular weight is 201 g/mol. The smallest absolute Gasteiger partial charge is 0.311 e. The van der Waals surface area contributed by atoms with Crippen LogP contribution in [0.3, 0.4) is 0 Å². The Kier molecular flexibility index (Phi) is 4.35. The molecule has 0 aromatic rings. The molecular weight excluding hydrogens is 182 g/mol. The van der Waals surface area contributed by atoms with E-state index < -0.39 is 11.4 Å². The molecule has 1 saturated heterocycles. The van der Waals surface area contributed by atoms with E-state index in [1.165, 1.54) is 0 Å². The van der Waals surface area contributed by atoms with E-state index >= 15 is 0 Å². The Morgan fingerprint density at radius 3 is 2.86 bits per heavy atom. The second kappa shape index (κ2) is 5.32. The predicted molar refractivity (Wildman–Crippen MR) is 53.3 cm³/mol. The monoisotopic (exact) mass is 201 g/mol. The first-order chi connectivity index (χ1) is 6.71. The molecule has 4 heteroatoms. The minimum absolute atomic E-state index is 0.557. The van der Waals surface area contributed by atoms with Crippen molar-refractivity contribution in [2.24, 2.45) is 5.41 Å². The Morgan fingerprint density at radius 2 is 2.36 bits per heavy atom. The van der Waals surface area contributed by atoms with E-state index in [2.05, 4.69) is 5.32 Å². The number of carboxylic acids is 1. The molecule has 2 N–H and O–H groups in total. The van der Waals surface area contributed by atoms with Crippen LogP contribution in [0.2, 0.25) is 0 Å². The highest BCUT2D eigenvalue weighted by atomic mass is 16.5. The fourth-order valence-corrected chi connectivity index (χ4v) is 1.76. The molecule has 1 aliphatic rings. The van der Waals surface area contributed by atoms with Gasteiger partial charge >= 0.3 is 5.97 Å². The number of carboxylic acid groups (broad SMARTS) is 1. The first-order valence-corrected chi connectivity index (χ1v) is 5.23. The van der Waals surface area contributed by atoms with Crippen molar-refractivity contribution < 1.29 is 14.6 Å². The highest BCUT2D eigenvalue weighted by Crippen LogP contribution is 2.29. The first-order valence-electron chi connectivity index (χ1n) is 5.23. The van der Waals surface area contributed by atoms with Crippen molar-refractivity contribution in [2.45, 2.75) is 26.2 Å². The zero-order chi connectivity index (χ0) is 10.4. The lowest BCUT2D eigenvalue weighted by atomic mass is 9.84. The van der Waals surface area contributed by atoms with Crippen LogP contribution >= 0.6 is 0 Å². The Hall–Kier alpha value is -0.610. The van der Waals surface area contributed by atoms with Crippen LogP contribution in [0.4, 0.5) is 0 Å².